The zero-order valence-electron chi connectivity index (χ0n) is 9.21. The number of ether oxygens (including phenoxy) is 1. The molecule has 0 atom stereocenters. The molecule has 1 aromatic carbocycles. The van der Waals surface area contributed by atoms with Crippen molar-refractivity contribution in [3.8, 4) is 5.75 Å². The minimum atomic E-state index is -0.356. The molecule has 0 heterocycles. The third-order valence-corrected chi connectivity index (χ3v) is 3.08. The van der Waals surface area contributed by atoms with Crippen LogP contribution in [0.3, 0.4) is 0 Å². The fourth-order valence-electron chi connectivity index (χ4n) is 1.37. The molecule has 1 amide bonds. The lowest BCUT2D eigenvalue weighted by atomic mass is 10.3. The van der Waals surface area contributed by atoms with Gasteiger partial charge in [-0.2, -0.15) is 0 Å². The summed E-state index contributed by atoms with van der Waals surface area (Å²) < 4.78 is 19.0. The molecule has 2 rings (SSSR count). The van der Waals surface area contributed by atoms with E-state index in [1.54, 1.807) is 6.07 Å². The number of halogens is 2. The van der Waals surface area contributed by atoms with Gasteiger partial charge in [0.15, 0.2) is 0 Å². The van der Waals surface area contributed by atoms with Gasteiger partial charge in [0, 0.05) is 12.1 Å². The molecule has 1 N–H and O–H groups in total. The monoisotopic (exact) mass is 301 g/mol. The summed E-state index contributed by atoms with van der Waals surface area (Å²) in [4.78, 5) is 11.4. The maximum atomic E-state index is 12.9. The van der Waals surface area contributed by atoms with Gasteiger partial charge in [-0.15, -0.1) is 0 Å². The average molecular weight is 302 g/mol. The molecule has 1 saturated carbocycles. The number of carbonyl (C=O) groups is 1. The first kappa shape index (κ1) is 12.4. The highest BCUT2D eigenvalue weighted by atomic mass is 79.9. The zero-order valence-corrected chi connectivity index (χ0v) is 10.8. The first-order valence-electron chi connectivity index (χ1n) is 5.52. The summed E-state index contributed by atoms with van der Waals surface area (Å²) in [5.41, 5.74) is 0. The van der Waals surface area contributed by atoms with E-state index in [4.69, 9.17) is 4.74 Å². The van der Waals surface area contributed by atoms with Gasteiger partial charge in [0.2, 0.25) is 5.91 Å². The number of nitrogens with one attached hydrogen (secondary N) is 1. The topological polar surface area (TPSA) is 38.3 Å². The van der Waals surface area contributed by atoms with E-state index >= 15 is 0 Å². The number of hydrogen-bond donors (Lipinski definition) is 1. The number of hydrogen-bond acceptors (Lipinski definition) is 2. The smallest absolute Gasteiger partial charge is 0.223 e. The number of amides is 1. The maximum absolute atomic E-state index is 12.9. The molecule has 0 spiro atoms. The van der Waals surface area contributed by atoms with Crippen molar-refractivity contribution < 1.29 is 13.9 Å². The molecule has 1 fully saturated rings. The highest BCUT2D eigenvalue weighted by Crippen LogP contribution is 2.25. The molecule has 0 bridgehead atoms. The third-order valence-electron chi connectivity index (χ3n) is 2.42. The van der Waals surface area contributed by atoms with Crippen LogP contribution in [0, 0.1) is 5.82 Å². The molecule has 0 radical (unpaired) electrons. The summed E-state index contributed by atoms with van der Waals surface area (Å²) in [6.07, 6.45) is 2.43. The van der Waals surface area contributed by atoms with E-state index in [1.165, 1.54) is 12.1 Å². The van der Waals surface area contributed by atoms with E-state index in [1.807, 2.05) is 0 Å². The van der Waals surface area contributed by atoms with E-state index in [2.05, 4.69) is 21.2 Å². The highest BCUT2D eigenvalue weighted by Gasteiger charge is 2.22. The van der Waals surface area contributed by atoms with Gasteiger partial charge in [-0.05, 0) is 40.9 Å². The minimum Gasteiger partial charge on any atom is -0.492 e. The second kappa shape index (κ2) is 5.49. The van der Waals surface area contributed by atoms with Crippen LogP contribution >= 0.6 is 15.9 Å². The summed E-state index contributed by atoms with van der Waals surface area (Å²) in [5, 5.41) is 2.86. The van der Waals surface area contributed by atoms with Crippen molar-refractivity contribution in [2.75, 3.05) is 6.61 Å². The molecular weight excluding hydrogens is 289 g/mol. The minimum absolute atomic E-state index is 0.0139. The van der Waals surface area contributed by atoms with E-state index in [0.717, 1.165) is 12.8 Å². The van der Waals surface area contributed by atoms with Gasteiger partial charge in [-0.1, -0.05) is 0 Å². The Morgan fingerprint density at radius 1 is 1.53 bits per heavy atom. The highest BCUT2D eigenvalue weighted by molar-refractivity contribution is 9.10. The van der Waals surface area contributed by atoms with E-state index in [9.17, 15) is 9.18 Å². The number of carbonyl (C=O) groups excluding carboxylic acids is 1. The van der Waals surface area contributed by atoms with Gasteiger partial charge in [0.05, 0.1) is 17.5 Å². The lowest BCUT2D eigenvalue weighted by Crippen LogP contribution is -2.26. The van der Waals surface area contributed by atoms with Gasteiger partial charge in [0.1, 0.15) is 11.6 Å². The van der Waals surface area contributed by atoms with Gasteiger partial charge in [0.25, 0.3) is 0 Å². The van der Waals surface area contributed by atoms with Crippen molar-refractivity contribution >= 4 is 21.8 Å². The van der Waals surface area contributed by atoms with Crippen LogP contribution in [0.2, 0.25) is 0 Å². The standard InChI is InChI=1S/C12H13BrFNO2/c13-10-4-1-8(14)7-11(10)17-6-5-12(16)15-9-2-3-9/h1,4,7,9H,2-3,5-6H2,(H,15,16). The Bertz CT molecular complexity index is 421. The lowest BCUT2D eigenvalue weighted by Gasteiger charge is -2.08. The van der Waals surface area contributed by atoms with Crippen LogP contribution in [0.15, 0.2) is 22.7 Å². The SMILES string of the molecule is O=C(CCOc1cc(F)ccc1Br)NC1CC1. The largest absolute Gasteiger partial charge is 0.492 e. The molecule has 0 unspecified atom stereocenters. The Morgan fingerprint density at radius 3 is 3.00 bits per heavy atom. The fourth-order valence-corrected chi connectivity index (χ4v) is 1.73. The molecule has 5 heteroatoms. The van der Waals surface area contributed by atoms with Crippen LogP contribution < -0.4 is 10.1 Å². The van der Waals surface area contributed by atoms with E-state index in [0.29, 0.717) is 22.7 Å². The van der Waals surface area contributed by atoms with Crippen LogP contribution in [0.4, 0.5) is 4.39 Å². The molecule has 1 aliphatic carbocycles. The quantitative estimate of drug-likeness (QED) is 0.908. The molecule has 17 heavy (non-hydrogen) atoms. The third kappa shape index (κ3) is 4.00. The van der Waals surface area contributed by atoms with E-state index < -0.39 is 0 Å². The van der Waals surface area contributed by atoms with Gasteiger partial charge >= 0.3 is 0 Å². The summed E-state index contributed by atoms with van der Waals surface area (Å²) in [6, 6.07) is 4.58. The van der Waals surface area contributed by atoms with E-state index in [-0.39, 0.29) is 18.3 Å². The Morgan fingerprint density at radius 2 is 2.29 bits per heavy atom. The molecule has 0 aromatic heterocycles. The molecule has 0 aliphatic heterocycles. The van der Waals surface area contributed by atoms with Crippen LogP contribution in [0.25, 0.3) is 0 Å². The number of benzene rings is 1. The van der Waals surface area contributed by atoms with Crippen LogP contribution in [-0.2, 0) is 4.79 Å². The summed E-state index contributed by atoms with van der Waals surface area (Å²) >= 11 is 3.26. The normalized spacial score (nSPS) is 14.5. The maximum Gasteiger partial charge on any atom is 0.223 e. The summed E-state index contributed by atoms with van der Waals surface area (Å²) in [5.74, 6) is 0.0508. The van der Waals surface area contributed by atoms with Gasteiger partial charge in [-0.3, -0.25) is 4.79 Å². The van der Waals surface area contributed by atoms with Crippen molar-refractivity contribution in [2.24, 2.45) is 0 Å². The van der Waals surface area contributed by atoms with Crippen LogP contribution in [0.1, 0.15) is 19.3 Å². The van der Waals surface area contributed by atoms with Crippen molar-refractivity contribution in [3.63, 3.8) is 0 Å². The van der Waals surface area contributed by atoms with Crippen LogP contribution in [-0.4, -0.2) is 18.6 Å². The summed E-state index contributed by atoms with van der Waals surface area (Å²) in [6.45, 7) is 0.251. The second-order valence-electron chi connectivity index (χ2n) is 4.01. The molecule has 3 nitrogen and oxygen atoms in total. The van der Waals surface area contributed by atoms with Crippen molar-refractivity contribution in [1.29, 1.82) is 0 Å². The molecule has 0 saturated heterocycles. The first-order valence-corrected chi connectivity index (χ1v) is 6.31. The lowest BCUT2D eigenvalue weighted by molar-refractivity contribution is -0.121. The molecule has 1 aliphatic rings. The van der Waals surface area contributed by atoms with Crippen molar-refractivity contribution in [3.05, 3.63) is 28.5 Å². The van der Waals surface area contributed by atoms with Crippen LogP contribution in [0.5, 0.6) is 5.75 Å². The average Bonchev–Trinajstić information content (AvgIpc) is 3.07. The van der Waals surface area contributed by atoms with Gasteiger partial charge < -0.3 is 10.1 Å². The molecule has 1 aromatic rings. The zero-order chi connectivity index (χ0) is 12.3. The Labute approximate surface area is 107 Å². The summed E-state index contributed by atoms with van der Waals surface area (Å²) in [7, 11) is 0. The fraction of sp³-hybridized carbons (Fsp3) is 0.417. The van der Waals surface area contributed by atoms with Crippen molar-refractivity contribution in [2.45, 2.75) is 25.3 Å². The van der Waals surface area contributed by atoms with Crippen molar-refractivity contribution in [1.82, 2.24) is 5.32 Å². The molecular formula is C12H13BrFNO2. The second-order valence-corrected chi connectivity index (χ2v) is 4.87. The Balaban J connectivity index is 1.76. The Kier molecular flexibility index (Phi) is 3.99. The molecule has 92 valence electrons. The Hall–Kier alpha value is -1.10. The van der Waals surface area contributed by atoms with Gasteiger partial charge in [-0.25, -0.2) is 4.39 Å². The first-order chi connectivity index (χ1) is 8.15. The predicted octanol–water partition coefficient (Wildman–Crippen LogP) is 2.64. The predicted molar refractivity (Wildman–Crippen MR) is 65.4 cm³/mol. The number of rotatable bonds is 5.